The maximum Gasteiger partial charge on any atom is 0.417 e. The molecule has 1 N–H and O–H groups in total. The summed E-state index contributed by atoms with van der Waals surface area (Å²) in [6.07, 6.45) is -3.56. The number of nitrogens with one attached hydrogen (secondary N) is 1. The minimum absolute atomic E-state index is 0.143. The molecule has 1 aromatic heterocycles. The van der Waals surface area contributed by atoms with Crippen molar-refractivity contribution in [1.29, 1.82) is 5.26 Å². The Kier molecular flexibility index (Phi) is 6.65. The molecule has 0 atom stereocenters. The molecular weight excluding hydrogens is 476 g/mol. The Balaban J connectivity index is 1.86. The molecule has 0 aliphatic rings. The zero-order chi connectivity index (χ0) is 22.8. The third-order valence-corrected chi connectivity index (χ3v) is 4.98. The van der Waals surface area contributed by atoms with Crippen LogP contribution in [0.4, 0.5) is 18.9 Å². The van der Waals surface area contributed by atoms with Crippen molar-refractivity contribution >= 4 is 52.5 Å². The molecule has 3 rings (SSSR count). The second-order valence-corrected chi connectivity index (χ2v) is 7.34. The summed E-state index contributed by atoms with van der Waals surface area (Å²) in [4.78, 5) is 12.4. The lowest BCUT2D eigenvalue weighted by Crippen LogP contribution is -2.14. The second kappa shape index (κ2) is 9.06. The van der Waals surface area contributed by atoms with Gasteiger partial charge in [0.25, 0.3) is 5.91 Å². The zero-order valence-electron chi connectivity index (χ0n) is 15.2. The van der Waals surface area contributed by atoms with Gasteiger partial charge < -0.3 is 9.73 Å². The monoisotopic (exact) mass is 484 g/mol. The highest BCUT2D eigenvalue weighted by Gasteiger charge is 2.33. The number of furan rings is 1. The Morgan fingerprint density at radius 3 is 2.32 bits per heavy atom. The van der Waals surface area contributed by atoms with Crippen LogP contribution in [0.1, 0.15) is 11.3 Å². The van der Waals surface area contributed by atoms with Crippen molar-refractivity contribution in [1.82, 2.24) is 0 Å². The average Bonchev–Trinajstić information content (AvgIpc) is 3.14. The highest BCUT2D eigenvalue weighted by Crippen LogP contribution is 2.37. The van der Waals surface area contributed by atoms with E-state index in [9.17, 15) is 23.2 Å². The maximum atomic E-state index is 13.0. The van der Waals surface area contributed by atoms with E-state index in [1.165, 1.54) is 12.1 Å². The van der Waals surface area contributed by atoms with Gasteiger partial charge in [-0.2, -0.15) is 18.4 Å². The Bertz CT molecular complexity index is 1210. The molecule has 0 bridgehead atoms. The van der Waals surface area contributed by atoms with E-state index in [-0.39, 0.29) is 11.4 Å². The molecule has 0 unspecified atom stereocenters. The Hall–Kier alpha value is -2.92. The molecule has 0 spiro atoms. The van der Waals surface area contributed by atoms with E-state index in [1.807, 2.05) is 0 Å². The average molecular weight is 486 g/mol. The number of alkyl halides is 3. The van der Waals surface area contributed by atoms with Gasteiger partial charge in [-0.1, -0.05) is 40.9 Å². The van der Waals surface area contributed by atoms with Crippen molar-refractivity contribution in [2.75, 3.05) is 5.32 Å². The van der Waals surface area contributed by atoms with Crippen LogP contribution in [0, 0.1) is 11.3 Å². The van der Waals surface area contributed by atoms with Crippen LogP contribution in [0.25, 0.3) is 17.4 Å². The fourth-order valence-corrected chi connectivity index (χ4v) is 3.42. The minimum Gasteiger partial charge on any atom is -0.457 e. The standard InChI is InChI=1S/C21H10Cl3F3N2O2/c22-15-6-4-12(9-14(15)21(25,26)27)29-20(30)11(10-28)8-13-5-7-18(31-13)19-16(23)2-1-3-17(19)24/h1-9H,(H,29,30)/b11-8+. The van der Waals surface area contributed by atoms with Crippen molar-refractivity contribution in [3.63, 3.8) is 0 Å². The van der Waals surface area contributed by atoms with Gasteiger partial charge in [0.2, 0.25) is 0 Å². The van der Waals surface area contributed by atoms with Crippen LogP contribution in [-0.4, -0.2) is 5.91 Å². The number of nitriles is 1. The number of benzene rings is 2. The van der Waals surface area contributed by atoms with E-state index >= 15 is 0 Å². The molecule has 3 aromatic rings. The quantitative estimate of drug-likeness (QED) is 0.308. The molecule has 0 saturated heterocycles. The molecule has 0 radical (unpaired) electrons. The number of carbonyl (C=O) groups is 1. The zero-order valence-corrected chi connectivity index (χ0v) is 17.5. The smallest absolute Gasteiger partial charge is 0.417 e. The number of amides is 1. The first-order chi connectivity index (χ1) is 14.6. The Morgan fingerprint density at radius 2 is 1.71 bits per heavy atom. The summed E-state index contributed by atoms with van der Waals surface area (Å²) in [5.74, 6) is -0.469. The number of nitrogens with zero attached hydrogens (tertiary/aromatic N) is 1. The summed E-state index contributed by atoms with van der Waals surface area (Å²) in [6, 6.07) is 12.5. The van der Waals surface area contributed by atoms with Crippen LogP contribution in [0.3, 0.4) is 0 Å². The first kappa shape index (κ1) is 22.8. The van der Waals surface area contributed by atoms with E-state index in [0.717, 1.165) is 12.1 Å². The van der Waals surface area contributed by atoms with Crippen LogP contribution in [0.5, 0.6) is 0 Å². The summed E-state index contributed by atoms with van der Waals surface area (Å²) < 4.78 is 44.6. The summed E-state index contributed by atoms with van der Waals surface area (Å²) in [7, 11) is 0. The molecule has 10 heteroatoms. The van der Waals surface area contributed by atoms with Crippen LogP contribution >= 0.6 is 34.8 Å². The second-order valence-electron chi connectivity index (χ2n) is 6.11. The largest absolute Gasteiger partial charge is 0.457 e. The lowest BCUT2D eigenvalue weighted by molar-refractivity contribution is -0.137. The number of carbonyl (C=O) groups excluding carboxylic acids is 1. The molecule has 0 saturated carbocycles. The topological polar surface area (TPSA) is 66.0 Å². The summed E-state index contributed by atoms with van der Waals surface area (Å²) in [5.41, 5.74) is -1.24. The first-order valence-electron chi connectivity index (χ1n) is 8.44. The van der Waals surface area contributed by atoms with Gasteiger partial charge in [0.15, 0.2) is 0 Å². The summed E-state index contributed by atoms with van der Waals surface area (Å²) >= 11 is 17.8. The normalized spacial score (nSPS) is 11.8. The predicted molar refractivity (Wildman–Crippen MR) is 113 cm³/mol. The molecule has 0 aliphatic carbocycles. The van der Waals surface area contributed by atoms with Gasteiger partial charge in [-0.15, -0.1) is 0 Å². The fourth-order valence-electron chi connectivity index (χ4n) is 2.61. The van der Waals surface area contributed by atoms with Crippen LogP contribution in [0.15, 0.2) is 58.5 Å². The highest BCUT2D eigenvalue weighted by molar-refractivity contribution is 6.39. The first-order valence-corrected chi connectivity index (χ1v) is 9.57. The van der Waals surface area contributed by atoms with Crippen molar-refractivity contribution < 1.29 is 22.4 Å². The Labute approximate surface area is 189 Å². The van der Waals surface area contributed by atoms with Gasteiger partial charge in [-0.25, -0.2) is 0 Å². The van der Waals surface area contributed by atoms with Crippen molar-refractivity contribution in [2.24, 2.45) is 0 Å². The Morgan fingerprint density at radius 1 is 1.03 bits per heavy atom. The fraction of sp³-hybridized carbons (Fsp3) is 0.0476. The highest BCUT2D eigenvalue weighted by atomic mass is 35.5. The molecule has 1 heterocycles. The van der Waals surface area contributed by atoms with Crippen LogP contribution in [0.2, 0.25) is 15.1 Å². The van der Waals surface area contributed by atoms with E-state index in [0.29, 0.717) is 27.4 Å². The van der Waals surface area contributed by atoms with Crippen molar-refractivity contribution in [2.45, 2.75) is 6.18 Å². The van der Waals surface area contributed by atoms with E-state index in [4.69, 9.17) is 39.2 Å². The summed E-state index contributed by atoms with van der Waals surface area (Å²) in [5, 5.41) is 11.7. The summed E-state index contributed by atoms with van der Waals surface area (Å²) in [6.45, 7) is 0. The lowest BCUT2D eigenvalue weighted by atomic mass is 10.1. The van der Waals surface area contributed by atoms with E-state index in [1.54, 1.807) is 30.3 Å². The molecule has 0 aliphatic heterocycles. The predicted octanol–water partition coefficient (Wildman–Crippen LogP) is 7.47. The molecule has 4 nitrogen and oxygen atoms in total. The van der Waals surface area contributed by atoms with Crippen LogP contribution in [-0.2, 0) is 11.0 Å². The SMILES string of the molecule is N#C/C(=C\c1ccc(-c2c(Cl)cccc2Cl)o1)C(=O)Nc1ccc(Cl)c(C(F)(F)F)c1. The van der Waals surface area contributed by atoms with Gasteiger partial charge in [0.1, 0.15) is 23.2 Å². The van der Waals surface area contributed by atoms with Crippen molar-refractivity contribution in [3.8, 4) is 17.4 Å². The molecule has 31 heavy (non-hydrogen) atoms. The van der Waals surface area contributed by atoms with Gasteiger partial charge in [-0.05, 0) is 42.5 Å². The number of hydrogen-bond donors (Lipinski definition) is 1. The van der Waals surface area contributed by atoms with Gasteiger partial charge in [0.05, 0.1) is 26.2 Å². The lowest BCUT2D eigenvalue weighted by Gasteiger charge is -2.11. The molecule has 0 fully saturated rings. The van der Waals surface area contributed by atoms with E-state index in [2.05, 4.69) is 5.32 Å². The molecule has 2 aromatic carbocycles. The number of rotatable bonds is 4. The van der Waals surface area contributed by atoms with Crippen LogP contribution < -0.4 is 5.32 Å². The third-order valence-electron chi connectivity index (χ3n) is 4.02. The number of halogens is 6. The molecule has 158 valence electrons. The van der Waals surface area contributed by atoms with Crippen molar-refractivity contribution in [3.05, 3.63) is 80.5 Å². The van der Waals surface area contributed by atoms with E-state index < -0.39 is 28.2 Å². The molecular formula is C21H10Cl3F3N2O2. The number of hydrogen-bond acceptors (Lipinski definition) is 3. The van der Waals surface area contributed by atoms with Gasteiger partial charge >= 0.3 is 6.18 Å². The maximum absolute atomic E-state index is 13.0. The number of anilines is 1. The third kappa shape index (κ3) is 5.23. The molecule has 1 amide bonds. The van der Waals surface area contributed by atoms with Gasteiger partial charge in [-0.3, -0.25) is 4.79 Å². The minimum atomic E-state index is -4.70. The van der Waals surface area contributed by atoms with Gasteiger partial charge in [0, 0.05) is 11.8 Å².